The number of primary sulfonamides is 1. The number of hydrogen-bond acceptors (Lipinski definition) is 4. The van der Waals surface area contributed by atoms with Crippen LogP contribution in [0.1, 0.15) is 5.56 Å². The maximum atomic E-state index is 12.0. The van der Waals surface area contributed by atoms with E-state index in [1.54, 1.807) is 5.38 Å². The van der Waals surface area contributed by atoms with E-state index in [1.807, 2.05) is 49.5 Å². The molecule has 0 aliphatic heterocycles. The van der Waals surface area contributed by atoms with Gasteiger partial charge in [-0.1, -0.05) is 54.1 Å². The van der Waals surface area contributed by atoms with E-state index in [0.29, 0.717) is 22.0 Å². The third kappa shape index (κ3) is 3.63. The summed E-state index contributed by atoms with van der Waals surface area (Å²) >= 11 is 8.00. The molecular weight excluding hydrogens is 376 g/mol. The van der Waals surface area contributed by atoms with Crippen molar-refractivity contribution in [1.82, 2.24) is 5.32 Å². The molecule has 25 heavy (non-hydrogen) atoms. The Bertz CT molecular complexity index is 999. The van der Waals surface area contributed by atoms with Gasteiger partial charge in [-0.05, 0) is 35.2 Å². The molecule has 0 radical (unpaired) electrons. The summed E-state index contributed by atoms with van der Waals surface area (Å²) in [5, 5.41) is 10.7. The molecular formula is C18H17ClN2O2S2. The van der Waals surface area contributed by atoms with E-state index >= 15 is 0 Å². The van der Waals surface area contributed by atoms with E-state index < -0.39 is 10.0 Å². The summed E-state index contributed by atoms with van der Waals surface area (Å²) in [6.45, 7) is 0.580. The Hall–Kier alpha value is -1.70. The van der Waals surface area contributed by atoms with Gasteiger partial charge in [-0.15, -0.1) is 11.3 Å². The first-order chi connectivity index (χ1) is 11.9. The van der Waals surface area contributed by atoms with E-state index in [4.69, 9.17) is 16.7 Å². The molecule has 0 saturated heterocycles. The number of nitrogens with one attached hydrogen (secondary N) is 1. The molecule has 130 valence electrons. The van der Waals surface area contributed by atoms with E-state index in [1.165, 1.54) is 17.4 Å². The summed E-state index contributed by atoms with van der Waals surface area (Å²) in [5.41, 5.74) is 3.43. The third-order valence-corrected chi connectivity index (χ3v) is 6.28. The van der Waals surface area contributed by atoms with Gasteiger partial charge in [0, 0.05) is 12.1 Å². The van der Waals surface area contributed by atoms with Gasteiger partial charge in [-0.3, -0.25) is 0 Å². The minimum Gasteiger partial charge on any atom is -0.316 e. The van der Waals surface area contributed by atoms with Crippen molar-refractivity contribution in [3.63, 3.8) is 0 Å². The zero-order chi connectivity index (χ0) is 18.0. The molecule has 0 bridgehead atoms. The van der Waals surface area contributed by atoms with Crippen molar-refractivity contribution in [3.8, 4) is 21.6 Å². The Balaban J connectivity index is 2.34. The van der Waals surface area contributed by atoms with E-state index in [9.17, 15) is 8.42 Å². The van der Waals surface area contributed by atoms with Crippen molar-refractivity contribution >= 4 is 33.0 Å². The summed E-state index contributed by atoms with van der Waals surface area (Å²) in [4.78, 5) is 0.655. The maximum absolute atomic E-state index is 12.0. The van der Waals surface area contributed by atoms with Crippen LogP contribution >= 0.6 is 22.9 Å². The highest BCUT2D eigenvalue weighted by atomic mass is 35.5. The first-order valence-corrected chi connectivity index (χ1v) is 10.4. The average molecular weight is 393 g/mol. The molecule has 0 unspecified atom stereocenters. The first-order valence-electron chi connectivity index (χ1n) is 7.55. The van der Waals surface area contributed by atoms with Crippen molar-refractivity contribution in [2.75, 3.05) is 7.05 Å². The van der Waals surface area contributed by atoms with Crippen molar-refractivity contribution in [3.05, 3.63) is 64.5 Å². The Labute approximate surface area is 156 Å². The molecule has 3 N–H and O–H groups in total. The van der Waals surface area contributed by atoms with Crippen molar-refractivity contribution in [2.45, 2.75) is 11.4 Å². The van der Waals surface area contributed by atoms with Crippen LogP contribution in [0.15, 0.2) is 58.8 Å². The van der Waals surface area contributed by atoms with E-state index in [0.717, 1.165) is 16.7 Å². The zero-order valence-electron chi connectivity index (χ0n) is 13.5. The SMILES string of the molecule is CNCc1ccc(-c2ccccc2)c(-c2sccc2S(N)(=O)=O)c1Cl. The van der Waals surface area contributed by atoms with Crippen LogP contribution in [-0.2, 0) is 16.6 Å². The van der Waals surface area contributed by atoms with Gasteiger partial charge in [0.15, 0.2) is 0 Å². The smallest absolute Gasteiger partial charge is 0.239 e. The molecule has 3 rings (SSSR count). The third-order valence-electron chi connectivity index (χ3n) is 3.84. The molecule has 0 spiro atoms. The second kappa shape index (κ2) is 7.27. The lowest BCUT2D eigenvalue weighted by molar-refractivity contribution is 0.598. The highest BCUT2D eigenvalue weighted by Gasteiger charge is 2.23. The Morgan fingerprint density at radius 3 is 2.48 bits per heavy atom. The van der Waals surface area contributed by atoms with Gasteiger partial charge < -0.3 is 5.32 Å². The molecule has 0 aliphatic rings. The predicted molar refractivity (Wildman–Crippen MR) is 104 cm³/mol. The molecule has 7 heteroatoms. The molecule has 0 aliphatic carbocycles. The number of thiophene rings is 1. The molecule has 3 aromatic rings. The fourth-order valence-electron chi connectivity index (χ4n) is 2.73. The highest BCUT2D eigenvalue weighted by Crippen LogP contribution is 2.44. The fourth-order valence-corrected chi connectivity index (χ4v) is 5.16. The summed E-state index contributed by atoms with van der Waals surface area (Å²) < 4.78 is 24.0. The molecule has 0 saturated carbocycles. The van der Waals surface area contributed by atoms with Gasteiger partial charge in [0.25, 0.3) is 0 Å². The Morgan fingerprint density at radius 1 is 1.12 bits per heavy atom. The topological polar surface area (TPSA) is 72.2 Å². The Morgan fingerprint density at radius 2 is 1.84 bits per heavy atom. The van der Waals surface area contributed by atoms with Crippen molar-refractivity contribution < 1.29 is 8.42 Å². The molecule has 0 fully saturated rings. The van der Waals surface area contributed by atoms with Crippen LogP contribution in [0.2, 0.25) is 5.02 Å². The number of benzene rings is 2. The first kappa shape index (κ1) is 18.1. The van der Waals surface area contributed by atoms with Crippen LogP contribution in [-0.4, -0.2) is 15.5 Å². The molecule has 0 amide bonds. The number of nitrogens with two attached hydrogens (primary N) is 1. The molecule has 0 atom stereocenters. The van der Waals surface area contributed by atoms with E-state index in [-0.39, 0.29) is 4.90 Å². The van der Waals surface area contributed by atoms with Crippen LogP contribution in [0.3, 0.4) is 0 Å². The molecule has 4 nitrogen and oxygen atoms in total. The van der Waals surface area contributed by atoms with Crippen LogP contribution < -0.4 is 10.5 Å². The van der Waals surface area contributed by atoms with Crippen LogP contribution in [0.5, 0.6) is 0 Å². The monoisotopic (exact) mass is 392 g/mol. The second-order valence-corrected chi connectivity index (χ2v) is 8.34. The zero-order valence-corrected chi connectivity index (χ0v) is 15.9. The van der Waals surface area contributed by atoms with Gasteiger partial charge in [0.2, 0.25) is 10.0 Å². The van der Waals surface area contributed by atoms with Crippen LogP contribution in [0.4, 0.5) is 0 Å². The highest BCUT2D eigenvalue weighted by molar-refractivity contribution is 7.89. The number of sulfonamides is 1. The normalized spacial score (nSPS) is 11.6. The molecule has 1 heterocycles. The lowest BCUT2D eigenvalue weighted by Crippen LogP contribution is -2.12. The van der Waals surface area contributed by atoms with Gasteiger partial charge >= 0.3 is 0 Å². The predicted octanol–water partition coefficient (Wildman–Crippen LogP) is 4.10. The lowest BCUT2D eigenvalue weighted by atomic mass is 9.96. The fraction of sp³-hybridized carbons (Fsp3) is 0.111. The number of hydrogen-bond donors (Lipinski definition) is 2. The largest absolute Gasteiger partial charge is 0.316 e. The minimum absolute atomic E-state index is 0.0955. The Kier molecular flexibility index (Phi) is 5.27. The quantitative estimate of drug-likeness (QED) is 0.686. The summed E-state index contributed by atoms with van der Waals surface area (Å²) in [6.07, 6.45) is 0. The summed E-state index contributed by atoms with van der Waals surface area (Å²) in [6, 6.07) is 15.2. The van der Waals surface area contributed by atoms with Gasteiger partial charge in [0.1, 0.15) is 4.90 Å². The van der Waals surface area contributed by atoms with Gasteiger partial charge in [0.05, 0.1) is 9.90 Å². The number of halogens is 1. The van der Waals surface area contributed by atoms with Gasteiger partial charge in [-0.25, -0.2) is 13.6 Å². The minimum atomic E-state index is -3.84. The van der Waals surface area contributed by atoms with Crippen LogP contribution in [0, 0.1) is 0 Å². The van der Waals surface area contributed by atoms with Crippen LogP contribution in [0.25, 0.3) is 21.6 Å². The summed E-state index contributed by atoms with van der Waals surface area (Å²) in [5.74, 6) is 0. The molecule has 1 aromatic heterocycles. The van der Waals surface area contributed by atoms with Crippen molar-refractivity contribution in [1.29, 1.82) is 0 Å². The lowest BCUT2D eigenvalue weighted by Gasteiger charge is -2.15. The standard InChI is InChI=1S/C18H17ClN2O2S2/c1-21-11-13-7-8-14(12-5-3-2-4-6-12)16(17(13)19)18-15(9-10-24-18)25(20,22)23/h2-10,21H,11H2,1H3,(H2,20,22,23). The number of rotatable bonds is 5. The second-order valence-electron chi connectivity index (χ2n) is 5.52. The maximum Gasteiger partial charge on any atom is 0.239 e. The van der Waals surface area contributed by atoms with Crippen molar-refractivity contribution in [2.24, 2.45) is 5.14 Å². The molecule has 2 aromatic carbocycles. The van der Waals surface area contributed by atoms with E-state index in [2.05, 4.69) is 5.32 Å². The average Bonchev–Trinajstić information content (AvgIpc) is 3.07. The summed E-state index contributed by atoms with van der Waals surface area (Å²) in [7, 11) is -2.01. The van der Waals surface area contributed by atoms with Gasteiger partial charge in [-0.2, -0.15) is 0 Å².